The van der Waals surface area contributed by atoms with Gasteiger partial charge in [0.15, 0.2) is 0 Å². The van der Waals surface area contributed by atoms with Crippen LogP contribution in [0.1, 0.15) is 33.1 Å². The molecule has 0 aliphatic rings. The molecule has 0 aliphatic carbocycles. The van der Waals surface area contributed by atoms with Gasteiger partial charge in [0.25, 0.3) is 0 Å². The van der Waals surface area contributed by atoms with Gasteiger partial charge >= 0.3 is 18.9 Å². The smallest absolute Gasteiger partial charge is 0.299 e. The molecule has 3 heteroatoms. The van der Waals surface area contributed by atoms with E-state index in [9.17, 15) is 9.59 Å². The molecule has 0 fully saturated rings. The van der Waals surface area contributed by atoms with Crippen molar-refractivity contribution in [1.29, 1.82) is 0 Å². The van der Waals surface area contributed by atoms with Crippen molar-refractivity contribution >= 4 is 11.6 Å². The van der Waals surface area contributed by atoms with Crippen LogP contribution in [0.5, 0.6) is 0 Å². The molecule has 0 radical (unpaired) electrons. The van der Waals surface area contributed by atoms with Crippen LogP contribution < -0.4 is 18.9 Å². The van der Waals surface area contributed by atoms with Crippen molar-refractivity contribution in [1.82, 2.24) is 0 Å². The third kappa shape index (κ3) is 6.06. The van der Waals surface area contributed by atoms with Gasteiger partial charge in [-0.25, -0.2) is 0 Å². The van der Waals surface area contributed by atoms with Gasteiger partial charge in [-0.2, -0.15) is 0 Å². The number of hydrogen-bond acceptors (Lipinski definition) is 2. The summed E-state index contributed by atoms with van der Waals surface area (Å²) in [5.41, 5.74) is 0. The summed E-state index contributed by atoms with van der Waals surface area (Å²) in [5.74, 6) is 0.0868. The summed E-state index contributed by atoms with van der Waals surface area (Å²) in [4.78, 5) is 21.1. The Morgan fingerprint density at radius 3 is 1.50 bits per heavy atom. The summed E-state index contributed by atoms with van der Waals surface area (Å²) in [5, 5.41) is 0. The Bertz CT molecular complexity index is 107. The Labute approximate surface area is 73.5 Å². The van der Waals surface area contributed by atoms with Crippen LogP contribution in [0.4, 0.5) is 0 Å². The van der Waals surface area contributed by atoms with E-state index in [1.165, 1.54) is 0 Å². The zero-order valence-corrected chi connectivity index (χ0v) is 6.94. The standard InChI is InChI=1S/C7H12O2.Li/c1-3-6(8)5-7(9)4-2;/h3-5H2,1-2H3;/q;+1. The minimum absolute atomic E-state index is 0. The number of carbonyl (C=O) groups excluding carboxylic acids is 2. The van der Waals surface area contributed by atoms with Gasteiger partial charge in [0.05, 0.1) is 6.42 Å². The fourth-order valence-electron chi connectivity index (χ4n) is 0.470. The second-order valence-corrected chi connectivity index (χ2v) is 1.96. The largest absolute Gasteiger partial charge is 1.00 e. The first-order valence-electron chi connectivity index (χ1n) is 3.24. The van der Waals surface area contributed by atoms with Crippen LogP contribution in [0.2, 0.25) is 0 Å². The van der Waals surface area contributed by atoms with Crippen molar-refractivity contribution in [3.8, 4) is 0 Å². The SMILES string of the molecule is CCC(=O)CC(=O)CC.[Li+]. The maximum atomic E-state index is 10.6. The minimum Gasteiger partial charge on any atom is -0.299 e. The maximum absolute atomic E-state index is 10.6. The monoisotopic (exact) mass is 135 g/mol. The molecule has 2 nitrogen and oxygen atoms in total. The van der Waals surface area contributed by atoms with Crippen molar-refractivity contribution in [3.05, 3.63) is 0 Å². The normalized spacial score (nSPS) is 8.20. The van der Waals surface area contributed by atoms with E-state index in [1.54, 1.807) is 13.8 Å². The molecule has 0 aliphatic heterocycles. The van der Waals surface area contributed by atoms with Crippen molar-refractivity contribution in [2.75, 3.05) is 0 Å². The Balaban J connectivity index is 0. The quantitative estimate of drug-likeness (QED) is 0.341. The molecule has 0 unspecified atom stereocenters. The molecular formula is C7H12LiO2+. The first kappa shape index (κ1) is 12.6. The van der Waals surface area contributed by atoms with Gasteiger partial charge in [0, 0.05) is 12.8 Å². The average Bonchev–Trinajstić information content (AvgIpc) is 1.87. The predicted molar refractivity (Wildman–Crippen MR) is 35.2 cm³/mol. The second-order valence-electron chi connectivity index (χ2n) is 1.96. The van der Waals surface area contributed by atoms with E-state index in [-0.39, 0.29) is 36.8 Å². The molecule has 0 rings (SSSR count). The van der Waals surface area contributed by atoms with Crippen molar-refractivity contribution in [2.45, 2.75) is 33.1 Å². The molecule has 10 heavy (non-hydrogen) atoms. The molecule has 52 valence electrons. The molecule has 0 amide bonds. The molecular weight excluding hydrogens is 123 g/mol. The van der Waals surface area contributed by atoms with Crippen LogP contribution in [0, 0.1) is 0 Å². The van der Waals surface area contributed by atoms with E-state index in [1.807, 2.05) is 0 Å². The van der Waals surface area contributed by atoms with Gasteiger partial charge in [-0.1, -0.05) is 13.8 Å². The van der Waals surface area contributed by atoms with E-state index in [0.717, 1.165) is 0 Å². The molecule has 0 atom stereocenters. The fourth-order valence-corrected chi connectivity index (χ4v) is 0.470. The second kappa shape index (κ2) is 7.05. The summed E-state index contributed by atoms with van der Waals surface area (Å²) < 4.78 is 0. The molecule has 0 bridgehead atoms. The Morgan fingerprint density at radius 1 is 1.00 bits per heavy atom. The number of Topliss-reactive ketones (excluding diaryl/α,β-unsaturated/α-hetero) is 2. The fraction of sp³-hybridized carbons (Fsp3) is 0.714. The van der Waals surface area contributed by atoms with Crippen LogP contribution >= 0.6 is 0 Å². The van der Waals surface area contributed by atoms with Gasteiger partial charge in [0.1, 0.15) is 11.6 Å². The van der Waals surface area contributed by atoms with Crippen LogP contribution in [-0.2, 0) is 9.59 Å². The minimum atomic E-state index is 0. The summed E-state index contributed by atoms with van der Waals surface area (Å²) in [6.45, 7) is 3.54. The van der Waals surface area contributed by atoms with Gasteiger partial charge < -0.3 is 0 Å². The first-order chi connectivity index (χ1) is 4.20. The first-order valence-corrected chi connectivity index (χ1v) is 3.24. The zero-order chi connectivity index (χ0) is 7.28. The summed E-state index contributed by atoms with van der Waals surface area (Å²) >= 11 is 0. The predicted octanol–water partition coefficient (Wildman–Crippen LogP) is -1.66. The average molecular weight is 135 g/mol. The third-order valence-corrected chi connectivity index (χ3v) is 1.18. The van der Waals surface area contributed by atoms with Gasteiger partial charge in [0.2, 0.25) is 0 Å². The van der Waals surface area contributed by atoms with Crippen LogP contribution in [0.15, 0.2) is 0 Å². The number of hydrogen-bond donors (Lipinski definition) is 0. The summed E-state index contributed by atoms with van der Waals surface area (Å²) in [7, 11) is 0. The van der Waals surface area contributed by atoms with Crippen LogP contribution in [-0.4, -0.2) is 11.6 Å². The Hall–Kier alpha value is -0.0626. The van der Waals surface area contributed by atoms with E-state index in [2.05, 4.69) is 0 Å². The van der Waals surface area contributed by atoms with Gasteiger partial charge in [-0.05, 0) is 0 Å². The van der Waals surface area contributed by atoms with Crippen LogP contribution in [0.3, 0.4) is 0 Å². The van der Waals surface area contributed by atoms with Crippen molar-refractivity contribution in [3.63, 3.8) is 0 Å². The van der Waals surface area contributed by atoms with Crippen molar-refractivity contribution < 1.29 is 28.4 Å². The van der Waals surface area contributed by atoms with E-state index in [4.69, 9.17) is 0 Å². The molecule has 0 aromatic carbocycles. The van der Waals surface area contributed by atoms with E-state index in [0.29, 0.717) is 12.8 Å². The molecule has 0 N–H and O–H groups in total. The van der Waals surface area contributed by atoms with Crippen molar-refractivity contribution in [2.24, 2.45) is 0 Å². The molecule has 0 saturated carbocycles. The maximum Gasteiger partial charge on any atom is 1.00 e. The van der Waals surface area contributed by atoms with E-state index < -0.39 is 0 Å². The zero-order valence-electron chi connectivity index (χ0n) is 6.94. The summed E-state index contributed by atoms with van der Waals surface area (Å²) in [6.07, 6.45) is 1.09. The topological polar surface area (TPSA) is 34.1 Å². The summed E-state index contributed by atoms with van der Waals surface area (Å²) in [6, 6.07) is 0. The number of rotatable bonds is 4. The molecule has 0 aromatic rings. The number of ketones is 2. The van der Waals surface area contributed by atoms with E-state index >= 15 is 0 Å². The third-order valence-electron chi connectivity index (χ3n) is 1.18. The van der Waals surface area contributed by atoms with Crippen LogP contribution in [0.25, 0.3) is 0 Å². The molecule has 0 aromatic heterocycles. The number of carbonyl (C=O) groups is 2. The van der Waals surface area contributed by atoms with Gasteiger partial charge in [-0.15, -0.1) is 0 Å². The molecule has 0 heterocycles. The molecule has 0 spiro atoms. The Morgan fingerprint density at radius 2 is 1.30 bits per heavy atom. The Kier molecular flexibility index (Phi) is 8.88. The molecule has 0 saturated heterocycles. The van der Waals surface area contributed by atoms with Gasteiger partial charge in [-0.3, -0.25) is 9.59 Å².